The van der Waals surface area contributed by atoms with Crippen LogP contribution in [0.4, 0.5) is 5.69 Å². The van der Waals surface area contributed by atoms with E-state index < -0.39 is 10.8 Å². The van der Waals surface area contributed by atoms with Crippen LogP contribution in [-0.4, -0.2) is 21.7 Å². The van der Waals surface area contributed by atoms with Gasteiger partial charge >= 0.3 is 0 Å². The molecule has 2 aromatic heterocycles. The predicted octanol–water partition coefficient (Wildman–Crippen LogP) is 4.96. The van der Waals surface area contributed by atoms with Crippen LogP contribution in [0.25, 0.3) is 22.2 Å². The Balaban J connectivity index is 1.73. The van der Waals surface area contributed by atoms with Gasteiger partial charge in [-0.05, 0) is 24.3 Å². The Morgan fingerprint density at radius 1 is 1.14 bits per heavy atom. The van der Waals surface area contributed by atoms with Gasteiger partial charge in [-0.1, -0.05) is 29.8 Å². The minimum Gasteiger partial charge on any atom is -0.451 e. The summed E-state index contributed by atoms with van der Waals surface area (Å²) >= 11 is 6.12. The quantitative estimate of drug-likeness (QED) is 0.277. The third-order valence-corrected chi connectivity index (χ3v) is 4.65. The van der Waals surface area contributed by atoms with E-state index in [1.165, 1.54) is 35.0 Å². The van der Waals surface area contributed by atoms with Crippen molar-refractivity contribution < 1.29 is 18.9 Å². The highest BCUT2D eigenvalue weighted by atomic mass is 35.5. The molecule has 8 heteroatoms. The van der Waals surface area contributed by atoms with Crippen LogP contribution >= 0.6 is 11.6 Å². The summed E-state index contributed by atoms with van der Waals surface area (Å²) in [4.78, 5) is 34.5. The van der Waals surface area contributed by atoms with Gasteiger partial charge in [0.05, 0.1) is 15.5 Å². The smallest absolute Gasteiger partial charge is 0.298 e. The van der Waals surface area contributed by atoms with Gasteiger partial charge in [0.1, 0.15) is 5.76 Å². The standard InChI is InChI=1S/C20H11ClN2O5/c21-16-9-13(23(26)27)5-6-15(16)18-7-8-19(28-18)20(25)22-10-12(11-24)14-3-1-2-4-17(14)22/h1-11H. The molecule has 0 saturated carbocycles. The molecule has 2 aromatic carbocycles. The van der Waals surface area contributed by atoms with Gasteiger partial charge in [0.25, 0.3) is 11.6 Å². The van der Waals surface area contributed by atoms with Crippen LogP contribution < -0.4 is 0 Å². The summed E-state index contributed by atoms with van der Waals surface area (Å²) in [6, 6.07) is 14.1. The fourth-order valence-corrected chi connectivity index (χ4v) is 3.27. The lowest BCUT2D eigenvalue weighted by atomic mass is 10.1. The largest absolute Gasteiger partial charge is 0.451 e. The third kappa shape index (κ3) is 2.87. The van der Waals surface area contributed by atoms with Crippen LogP contribution in [0.5, 0.6) is 0 Å². The van der Waals surface area contributed by atoms with Gasteiger partial charge in [-0.3, -0.25) is 24.3 Å². The van der Waals surface area contributed by atoms with E-state index in [4.69, 9.17) is 16.0 Å². The van der Waals surface area contributed by atoms with Crippen LogP contribution in [0.1, 0.15) is 20.9 Å². The highest BCUT2D eigenvalue weighted by molar-refractivity contribution is 6.33. The number of non-ortho nitro benzene ring substituents is 1. The first-order chi connectivity index (χ1) is 13.5. The molecule has 0 aliphatic rings. The Morgan fingerprint density at radius 3 is 2.64 bits per heavy atom. The van der Waals surface area contributed by atoms with Crippen molar-refractivity contribution in [2.24, 2.45) is 0 Å². The zero-order chi connectivity index (χ0) is 19.8. The lowest BCUT2D eigenvalue weighted by Gasteiger charge is -2.03. The van der Waals surface area contributed by atoms with Crippen molar-refractivity contribution in [3.63, 3.8) is 0 Å². The van der Waals surface area contributed by atoms with Crippen molar-refractivity contribution in [3.8, 4) is 11.3 Å². The molecule has 4 rings (SSSR count). The number of aldehydes is 1. The fourth-order valence-electron chi connectivity index (χ4n) is 3.00. The minimum atomic E-state index is -0.547. The van der Waals surface area contributed by atoms with Gasteiger partial charge in [0.2, 0.25) is 0 Å². The maximum Gasteiger partial charge on any atom is 0.298 e. The molecule has 4 aromatic rings. The molecule has 2 heterocycles. The van der Waals surface area contributed by atoms with Gasteiger partial charge in [-0.15, -0.1) is 0 Å². The topological polar surface area (TPSA) is 95.3 Å². The molecule has 0 spiro atoms. The number of nitro groups is 1. The van der Waals surface area contributed by atoms with Crippen molar-refractivity contribution in [1.29, 1.82) is 0 Å². The first kappa shape index (κ1) is 17.7. The van der Waals surface area contributed by atoms with Crippen LogP contribution in [0.3, 0.4) is 0 Å². The van der Waals surface area contributed by atoms with Crippen molar-refractivity contribution >= 4 is 40.4 Å². The predicted molar refractivity (Wildman–Crippen MR) is 103 cm³/mol. The number of benzene rings is 2. The van der Waals surface area contributed by atoms with Crippen LogP contribution in [0, 0.1) is 10.1 Å². The number of carbonyl (C=O) groups excluding carboxylic acids is 2. The van der Waals surface area contributed by atoms with E-state index in [9.17, 15) is 19.7 Å². The molecule has 0 atom stereocenters. The van der Waals surface area contributed by atoms with E-state index in [1.54, 1.807) is 30.3 Å². The number of furan rings is 1. The summed E-state index contributed by atoms with van der Waals surface area (Å²) < 4.78 is 6.99. The molecule has 7 nitrogen and oxygen atoms in total. The van der Waals surface area contributed by atoms with E-state index in [2.05, 4.69) is 0 Å². The van der Waals surface area contributed by atoms with Gasteiger partial charge < -0.3 is 4.42 Å². The lowest BCUT2D eigenvalue weighted by molar-refractivity contribution is -0.384. The molecule has 138 valence electrons. The van der Waals surface area contributed by atoms with Crippen LogP contribution in [-0.2, 0) is 0 Å². The van der Waals surface area contributed by atoms with Crippen molar-refractivity contribution in [1.82, 2.24) is 4.57 Å². The summed E-state index contributed by atoms with van der Waals surface area (Å²) in [5.41, 5.74) is 1.27. The van der Waals surface area contributed by atoms with Gasteiger partial charge in [-0.2, -0.15) is 0 Å². The van der Waals surface area contributed by atoms with Crippen LogP contribution in [0.2, 0.25) is 5.02 Å². The monoisotopic (exact) mass is 394 g/mol. The summed E-state index contributed by atoms with van der Waals surface area (Å²) in [7, 11) is 0. The van der Waals surface area contributed by atoms with Crippen molar-refractivity contribution in [2.75, 3.05) is 0 Å². The molecule has 0 bridgehead atoms. The summed E-state index contributed by atoms with van der Waals surface area (Å²) in [6.45, 7) is 0. The van der Waals surface area contributed by atoms with E-state index in [1.807, 2.05) is 0 Å². The highest BCUT2D eigenvalue weighted by Gasteiger charge is 2.20. The molecule has 0 aliphatic carbocycles. The molecule has 0 unspecified atom stereocenters. The number of aromatic nitrogens is 1. The Morgan fingerprint density at radius 2 is 1.93 bits per heavy atom. The summed E-state index contributed by atoms with van der Waals surface area (Å²) in [6.07, 6.45) is 2.15. The van der Waals surface area contributed by atoms with Crippen molar-refractivity contribution in [2.45, 2.75) is 0 Å². The van der Waals surface area contributed by atoms with E-state index in [0.717, 1.165) is 0 Å². The second-order valence-corrected chi connectivity index (χ2v) is 6.39. The second kappa shape index (κ2) is 6.79. The fraction of sp³-hybridized carbons (Fsp3) is 0. The second-order valence-electron chi connectivity index (χ2n) is 5.98. The van der Waals surface area contributed by atoms with E-state index >= 15 is 0 Å². The molecule has 0 saturated heterocycles. The molecular formula is C20H11ClN2O5. The average molecular weight is 395 g/mol. The molecule has 0 aliphatic heterocycles. The number of hydrogen-bond acceptors (Lipinski definition) is 5. The maximum atomic E-state index is 12.9. The number of carbonyl (C=O) groups is 2. The zero-order valence-electron chi connectivity index (χ0n) is 14.2. The van der Waals surface area contributed by atoms with E-state index in [0.29, 0.717) is 34.1 Å². The summed E-state index contributed by atoms with van der Waals surface area (Å²) in [5, 5.41) is 11.6. The molecule has 0 amide bonds. The first-order valence-electron chi connectivity index (χ1n) is 8.13. The van der Waals surface area contributed by atoms with Gasteiger partial charge in [0, 0.05) is 34.8 Å². The average Bonchev–Trinajstić information content (AvgIpc) is 3.32. The SMILES string of the molecule is O=Cc1cn(C(=O)c2ccc(-c3ccc([N+](=O)[O-])cc3Cl)o2)c2ccccc12. The zero-order valence-corrected chi connectivity index (χ0v) is 14.9. The number of fused-ring (bicyclic) bond motifs is 1. The Hall–Kier alpha value is -3.71. The number of nitrogens with zero attached hydrogens (tertiary/aromatic N) is 2. The van der Waals surface area contributed by atoms with Gasteiger partial charge in [0.15, 0.2) is 12.0 Å². The Bertz CT molecular complexity index is 1250. The molecule has 0 radical (unpaired) electrons. The van der Waals surface area contributed by atoms with Gasteiger partial charge in [-0.25, -0.2) is 0 Å². The van der Waals surface area contributed by atoms with Crippen LogP contribution in [0.15, 0.2) is 65.2 Å². The molecule has 0 fully saturated rings. The highest BCUT2D eigenvalue weighted by Crippen LogP contribution is 2.32. The van der Waals surface area contributed by atoms with Crippen molar-refractivity contribution in [3.05, 3.63) is 87.3 Å². The third-order valence-electron chi connectivity index (χ3n) is 4.33. The number of rotatable bonds is 4. The number of hydrogen-bond donors (Lipinski definition) is 0. The van der Waals surface area contributed by atoms with E-state index in [-0.39, 0.29) is 16.5 Å². The number of halogens is 1. The Labute approximate surface area is 162 Å². The molecular weight excluding hydrogens is 384 g/mol. The minimum absolute atomic E-state index is 0.0441. The lowest BCUT2D eigenvalue weighted by Crippen LogP contribution is -2.09. The molecule has 28 heavy (non-hydrogen) atoms. The first-order valence-corrected chi connectivity index (χ1v) is 8.51. The number of nitro benzene ring substituents is 1. The molecule has 0 N–H and O–H groups in total. The Kier molecular flexibility index (Phi) is 4.29. The normalized spacial score (nSPS) is 10.9. The number of para-hydroxylation sites is 1. The maximum absolute atomic E-state index is 12.9. The summed E-state index contributed by atoms with van der Waals surface area (Å²) in [5.74, 6) is -0.105.